The molecule has 0 aliphatic heterocycles. The van der Waals surface area contributed by atoms with Crippen LogP contribution < -0.4 is 5.32 Å². The van der Waals surface area contributed by atoms with Crippen molar-refractivity contribution in [3.8, 4) is 0 Å². The van der Waals surface area contributed by atoms with Gasteiger partial charge >= 0.3 is 5.97 Å². The summed E-state index contributed by atoms with van der Waals surface area (Å²) in [5.41, 5.74) is -0.423. The molecule has 1 aromatic carbocycles. The quantitative estimate of drug-likeness (QED) is 0.844. The van der Waals surface area contributed by atoms with Crippen molar-refractivity contribution >= 4 is 17.6 Å². The Bertz CT molecular complexity index is 689. The highest BCUT2D eigenvalue weighted by atomic mass is 19.1. The number of benzene rings is 1. The number of hydrogen-bond acceptors (Lipinski definition) is 3. The molecule has 1 heterocycles. The fourth-order valence-corrected chi connectivity index (χ4v) is 1.51. The van der Waals surface area contributed by atoms with Crippen LogP contribution in [0.5, 0.6) is 0 Å². The van der Waals surface area contributed by atoms with Crippen molar-refractivity contribution in [2.24, 2.45) is 0 Å². The van der Waals surface area contributed by atoms with Crippen LogP contribution in [0.3, 0.4) is 0 Å². The van der Waals surface area contributed by atoms with Gasteiger partial charge in [-0.05, 0) is 24.3 Å². The van der Waals surface area contributed by atoms with E-state index in [2.05, 4.69) is 10.3 Å². The van der Waals surface area contributed by atoms with Crippen LogP contribution >= 0.6 is 0 Å². The van der Waals surface area contributed by atoms with Crippen LogP contribution in [0.25, 0.3) is 0 Å². The summed E-state index contributed by atoms with van der Waals surface area (Å²) < 4.78 is 26.3. The highest BCUT2D eigenvalue weighted by Crippen LogP contribution is 2.15. The van der Waals surface area contributed by atoms with Gasteiger partial charge in [0.2, 0.25) is 5.95 Å². The molecule has 0 fully saturated rings. The molecule has 0 unspecified atom stereocenters. The fraction of sp³-hybridized carbons (Fsp3) is 0. The monoisotopic (exact) mass is 278 g/mol. The lowest BCUT2D eigenvalue weighted by molar-refractivity contribution is 0.0692. The Morgan fingerprint density at radius 1 is 1.15 bits per heavy atom. The van der Waals surface area contributed by atoms with Crippen molar-refractivity contribution < 1.29 is 23.5 Å². The van der Waals surface area contributed by atoms with Crippen LogP contribution in [0.15, 0.2) is 36.5 Å². The maximum absolute atomic E-state index is 13.4. The van der Waals surface area contributed by atoms with Crippen LogP contribution in [0, 0.1) is 11.8 Å². The largest absolute Gasteiger partial charge is 0.478 e. The maximum Gasteiger partial charge on any atom is 0.338 e. The Balaban J connectivity index is 2.20. The first-order chi connectivity index (χ1) is 9.47. The van der Waals surface area contributed by atoms with Crippen molar-refractivity contribution in [1.29, 1.82) is 0 Å². The summed E-state index contributed by atoms with van der Waals surface area (Å²) in [6.45, 7) is 0. The Morgan fingerprint density at radius 3 is 2.50 bits per heavy atom. The summed E-state index contributed by atoms with van der Waals surface area (Å²) in [5, 5.41) is 11.0. The van der Waals surface area contributed by atoms with Crippen LogP contribution in [0.4, 0.5) is 14.5 Å². The molecule has 1 amide bonds. The lowest BCUT2D eigenvalue weighted by Crippen LogP contribution is -2.13. The summed E-state index contributed by atoms with van der Waals surface area (Å²) in [6, 6.07) is 5.36. The van der Waals surface area contributed by atoms with Gasteiger partial charge in [-0.15, -0.1) is 0 Å². The third-order valence-electron chi connectivity index (χ3n) is 2.45. The van der Waals surface area contributed by atoms with Gasteiger partial charge in [0.15, 0.2) is 0 Å². The number of nitrogens with zero attached hydrogens (tertiary/aromatic N) is 1. The van der Waals surface area contributed by atoms with E-state index in [1.165, 1.54) is 12.1 Å². The zero-order chi connectivity index (χ0) is 14.7. The molecule has 0 radical (unpaired) electrons. The lowest BCUT2D eigenvalue weighted by atomic mass is 10.2. The number of rotatable bonds is 3. The average molecular weight is 278 g/mol. The van der Waals surface area contributed by atoms with Crippen LogP contribution in [-0.4, -0.2) is 22.0 Å². The van der Waals surface area contributed by atoms with E-state index >= 15 is 0 Å². The summed E-state index contributed by atoms with van der Waals surface area (Å²) in [6.07, 6.45) is 1.12. The van der Waals surface area contributed by atoms with Gasteiger partial charge in [-0.2, -0.15) is 4.39 Å². The number of pyridine rings is 1. The minimum absolute atomic E-state index is 0.0141. The van der Waals surface area contributed by atoms with E-state index in [4.69, 9.17) is 5.11 Å². The number of halogens is 2. The molecule has 0 saturated carbocycles. The molecule has 0 spiro atoms. The summed E-state index contributed by atoms with van der Waals surface area (Å²) in [5.74, 6) is -3.85. The lowest BCUT2D eigenvalue weighted by Gasteiger charge is -2.06. The number of carboxylic acids is 1. The predicted octanol–water partition coefficient (Wildman–Crippen LogP) is 2.31. The number of nitrogens with one attached hydrogen (secondary N) is 1. The molecule has 0 aliphatic carbocycles. The van der Waals surface area contributed by atoms with Gasteiger partial charge in [-0.3, -0.25) is 4.79 Å². The Morgan fingerprint density at radius 2 is 1.90 bits per heavy atom. The van der Waals surface area contributed by atoms with Gasteiger partial charge in [-0.1, -0.05) is 0 Å². The molecule has 102 valence electrons. The molecule has 5 nitrogen and oxygen atoms in total. The molecule has 1 aromatic heterocycles. The van der Waals surface area contributed by atoms with E-state index in [-0.39, 0.29) is 11.3 Å². The Labute approximate surface area is 111 Å². The number of aromatic nitrogens is 1. The van der Waals surface area contributed by atoms with E-state index in [1.807, 2.05) is 0 Å². The van der Waals surface area contributed by atoms with Crippen molar-refractivity contribution in [3.63, 3.8) is 0 Å². The van der Waals surface area contributed by atoms with Gasteiger partial charge in [-0.25, -0.2) is 14.2 Å². The van der Waals surface area contributed by atoms with Crippen LogP contribution in [0.1, 0.15) is 20.7 Å². The highest BCUT2D eigenvalue weighted by Gasteiger charge is 2.12. The first kappa shape index (κ1) is 13.6. The average Bonchev–Trinajstić information content (AvgIpc) is 2.38. The van der Waals surface area contributed by atoms with E-state index in [9.17, 15) is 18.4 Å². The van der Waals surface area contributed by atoms with Gasteiger partial charge < -0.3 is 10.4 Å². The molecule has 20 heavy (non-hydrogen) atoms. The van der Waals surface area contributed by atoms with Gasteiger partial charge in [0.25, 0.3) is 5.91 Å². The third-order valence-corrected chi connectivity index (χ3v) is 2.45. The molecule has 0 aliphatic rings. The Hall–Kier alpha value is -2.83. The number of amides is 1. The van der Waals surface area contributed by atoms with Crippen molar-refractivity contribution in [1.82, 2.24) is 4.98 Å². The van der Waals surface area contributed by atoms with Crippen molar-refractivity contribution in [3.05, 3.63) is 59.4 Å². The smallest absolute Gasteiger partial charge is 0.338 e. The second-order valence-electron chi connectivity index (χ2n) is 3.82. The number of carbonyl (C=O) groups is 2. The van der Waals surface area contributed by atoms with Crippen LogP contribution in [0.2, 0.25) is 0 Å². The summed E-state index contributed by atoms with van der Waals surface area (Å²) in [4.78, 5) is 25.7. The standard InChI is InChI=1S/C13H8F2N2O3/c14-10-6-8(1-2-9(10)13(19)20)17-12(18)7-3-4-16-11(15)5-7/h1-6H,(H,17,18)(H,19,20). The SMILES string of the molecule is O=C(Nc1ccc(C(=O)O)c(F)c1)c1ccnc(F)c1. The number of carbonyl (C=O) groups excluding carboxylic acids is 1. The number of aromatic carboxylic acids is 1. The molecule has 0 bridgehead atoms. The number of carboxylic acid groups (broad SMARTS) is 1. The number of anilines is 1. The first-order valence-corrected chi connectivity index (χ1v) is 5.43. The summed E-state index contributed by atoms with van der Waals surface area (Å²) in [7, 11) is 0. The van der Waals surface area contributed by atoms with E-state index in [1.54, 1.807) is 0 Å². The molecule has 2 N–H and O–H groups in total. The minimum Gasteiger partial charge on any atom is -0.478 e. The topological polar surface area (TPSA) is 79.3 Å². The van der Waals surface area contributed by atoms with E-state index in [0.717, 1.165) is 24.4 Å². The minimum atomic E-state index is -1.41. The molecule has 2 aromatic rings. The second-order valence-corrected chi connectivity index (χ2v) is 3.82. The molecule has 0 atom stereocenters. The zero-order valence-corrected chi connectivity index (χ0v) is 9.93. The van der Waals surface area contributed by atoms with Gasteiger partial charge in [0, 0.05) is 23.5 Å². The normalized spacial score (nSPS) is 10.1. The Kier molecular flexibility index (Phi) is 3.69. The van der Waals surface area contributed by atoms with Crippen molar-refractivity contribution in [2.45, 2.75) is 0 Å². The molecular formula is C13H8F2N2O3. The predicted molar refractivity (Wildman–Crippen MR) is 65.5 cm³/mol. The second kappa shape index (κ2) is 5.43. The van der Waals surface area contributed by atoms with E-state index < -0.39 is 29.2 Å². The maximum atomic E-state index is 13.4. The molecule has 0 saturated heterocycles. The first-order valence-electron chi connectivity index (χ1n) is 5.43. The van der Waals surface area contributed by atoms with Gasteiger partial charge in [0.05, 0.1) is 5.56 Å². The molecule has 2 rings (SSSR count). The van der Waals surface area contributed by atoms with E-state index in [0.29, 0.717) is 0 Å². The van der Waals surface area contributed by atoms with Gasteiger partial charge in [0.1, 0.15) is 5.82 Å². The van der Waals surface area contributed by atoms with Crippen LogP contribution in [-0.2, 0) is 0 Å². The zero-order valence-electron chi connectivity index (χ0n) is 9.93. The third kappa shape index (κ3) is 2.94. The fourth-order valence-electron chi connectivity index (χ4n) is 1.51. The summed E-state index contributed by atoms with van der Waals surface area (Å²) >= 11 is 0. The van der Waals surface area contributed by atoms with Crippen molar-refractivity contribution in [2.75, 3.05) is 5.32 Å². The highest BCUT2D eigenvalue weighted by molar-refractivity contribution is 6.04. The molecular weight excluding hydrogens is 270 g/mol. The molecule has 7 heteroatoms. The number of hydrogen-bond donors (Lipinski definition) is 2.